The molecule has 0 aliphatic carbocycles. The van der Waals surface area contributed by atoms with Crippen LogP contribution in [-0.2, 0) is 9.53 Å². The van der Waals surface area contributed by atoms with Gasteiger partial charge in [-0.25, -0.2) is 0 Å². The van der Waals surface area contributed by atoms with Crippen LogP contribution in [0.25, 0.3) is 0 Å². The van der Waals surface area contributed by atoms with Crippen LogP contribution in [0.5, 0.6) is 0 Å². The summed E-state index contributed by atoms with van der Waals surface area (Å²) in [5, 5.41) is 9.30. The predicted octanol–water partition coefficient (Wildman–Crippen LogP) is 0.967. The molecule has 4 heteroatoms. The van der Waals surface area contributed by atoms with Crippen molar-refractivity contribution >= 4 is 5.91 Å². The number of aliphatic hydroxyl groups excluding tert-OH is 1. The van der Waals surface area contributed by atoms with E-state index in [2.05, 4.69) is 0 Å². The Morgan fingerprint density at radius 3 is 2.82 bits per heavy atom. The molecule has 1 saturated heterocycles. The number of carbonyl (C=O) groups excluding carboxylic acids is 1. The Labute approximate surface area is 101 Å². The molecule has 92 valence electrons. The SMILES string of the molecule is CC(c1ccccc1)N1C(=O)COCC1CO. The van der Waals surface area contributed by atoms with Gasteiger partial charge < -0.3 is 14.7 Å². The molecule has 2 rings (SSSR count). The molecule has 2 atom stereocenters. The summed E-state index contributed by atoms with van der Waals surface area (Å²) in [5.74, 6) is -0.0633. The van der Waals surface area contributed by atoms with Crippen molar-refractivity contribution in [2.45, 2.75) is 19.0 Å². The lowest BCUT2D eigenvalue weighted by atomic mass is 10.0. The van der Waals surface area contributed by atoms with Gasteiger partial charge >= 0.3 is 0 Å². The summed E-state index contributed by atoms with van der Waals surface area (Å²) < 4.78 is 5.15. The topological polar surface area (TPSA) is 49.8 Å². The second-order valence-electron chi connectivity index (χ2n) is 4.24. The average molecular weight is 235 g/mol. The van der Waals surface area contributed by atoms with E-state index in [1.165, 1.54) is 0 Å². The Morgan fingerprint density at radius 1 is 1.47 bits per heavy atom. The van der Waals surface area contributed by atoms with Crippen molar-refractivity contribution in [3.8, 4) is 0 Å². The van der Waals surface area contributed by atoms with Gasteiger partial charge in [0.1, 0.15) is 6.61 Å². The number of rotatable bonds is 3. The van der Waals surface area contributed by atoms with E-state index in [0.29, 0.717) is 6.61 Å². The molecule has 0 spiro atoms. The van der Waals surface area contributed by atoms with Crippen molar-refractivity contribution in [1.82, 2.24) is 4.90 Å². The predicted molar refractivity (Wildman–Crippen MR) is 63.4 cm³/mol. The third-order valence-electron chi connectivity index (χ3n) is 3.13. The highest BCUT2D eigenvalue weighted by atomic mass is 16.5. The summed E-state index contributed by atoms with van der Waals surface area (Å²) in [4.78, 5) is 13.6. The number of hydrogen-bond acceptors (Lipinski definition) is 3. The molecule has 17 heavy (non-hydrogen) atoms. The molecule has 1 N–H and O–H groups in total. The van der Waals surface area contributed by atoms with Crippen LogP contribution < -0.4 is 0 Å². The zero-order chi connectivity index (χ0) is 12.3. The van der Waals surface area contributed by atoms with E-state index in [1.54, 1.807) is 4.90 Å². The first kappa shape index (κ1) is 12.1. The van der Waals surface area contributed by atoms with Crippen molar-refractivity contribution in [3.63, 3.8) is 0 Å². The molecule has 1 fully saturated rings. The lowest BCUT2D eigenvalue weighted by Gasteiger charge is -2.39. The minimum Gasteiger partial charge on any atom is -0.394 e. The first-order valence-corrected chi connectivity index (χ1v) is 5.78. The first-order valence-electron chi connectivity index (χ1n) is 5.78. The maximum Gasteiger partial charge on any atom is 0.249 e. The highest BCUT2D eigenvalue weighted by Crippen LogP contribution is 2.24. The maximum absolute atomic E-state index is 11.9. The molecule has 2 unspecified atom stereocenters. The molecule has 0 radical (unpaired) electrons. The Bertz CT molecular complexity index is 380. The summed E-state index contributed by atoms with van der Waals surface area (Å²) in [7, 11) is 0. The number of carbonyl (C=O) groups is 1. The second-order valence-corrected chi connectivity index (χ2v) is 4.24. The Hall–Kier alpha value is -1.39. The van der Waals surface area contributed by atoms with Gasteiger partial charge in [-0.3, -0.25) is 4.79 Å². The van der Waals surface area contributed by atoms with E-state index < -0.39 is 0 Å². The van der Waals surface area contributed by atoms with Crippen LogP contribution in [0.15, 0.2) is 30.3 Å². The molecule has 4 nitrogen and oxygen atoms in total. The molecule has 1 aromatic carbocycles. The molecular formula is C13H17NO3. The maximum atomic E-state index is 11.9. The fourth-order valence-corrected chi connectivity index (χ4v) is 2.21. The molecule has 1 amide bonds. The van der Waals surface area contributed by atoms with Crippen LogP contribution in [0.4, 0.5) is 0 Å². The number of hydrogen-bond donors (Lipinski definition) is 1. The largest absolute Gasteiger partial charge is 0.394 e. The molecule has 1 aliphatic heterocycles. The smallest absolute Gasteiger partial charge is 0.249 e. The highest BCUT2D eigenvalue weighted by molar-refractivity contribution is 5.79. The number of ether oxygens (including phenoxy) is 1. The molecule has 1 aromatic rings. The van der Waals surface area contributed by atoms with E-state index in [-0.39, 0.29) is 31.2 Å². The van der Waals surface area contributed by atoms with Crippen molar-refractivity contribution < 1.29 is 14.6 Å². The van der Waals surface area contributed by atoms with E-state index in [9.17, 15) is 9.90 Å². The van der Waals surface area contributed by atoms with Gasteiger partial charge in [0.05, 0.1) is 25.3 Å². The molecule has 1 aliphatic rings. The summed E-state index contributed by atoms with van der Waals surface area (Å²) >= 11 is 0. The highest BCUT2D eigenvalue weighted by Gasteiger charge is 2.32. The molecule has 1 heterocycles. The van der Waals surface area contributed by atoms with E-state index >= 15 is 0 Å². The zero-order valence-electron chi connectivity index (χ0n) is 9.87. The molecular weight excluding hydrogens is 218 g/mol. The fraction of sp³-hybridized carbons (Fsp3) is 0.462. The number of aliphatic hydroxyl groups is 1. The van der Waals surface area contributed by atoms with Gasteiger partial charge in [-0.15, -0.1) is 0 Å². The minimum atomic E-state index is -0.244. The standard InChI is InChI=1S/C13H17NO3/c1-10(11-5-3-2-4-6-11)14-12(7-15)8-17-9-13(14)16/h2-6,10,12,15H,7-9H2,1H3. The van der Waals surface area contributed by atoms with Gasteiger partial charge in [-0.05, 0) is 12.5 Å². The van der Waals surface area contributed by atoms with Crippen LogP contribution in [-0.4, -0.2) is 41.8 Å². The fourth-order valence-electron chi connectivity index (χ4n) is 2.21. The summed E-state index contributed by atoms with van der Waals surface area (Å²) in [6.07, 6.45) is 0. The van der Waals surface area contributed by atoms with Gasteiger partial charge in [0, 0.05) is 0 Å². The van der Waals surface area contributed by atoms with Gasteiger partial charge in [-0.2, -0.15) is 0 Å². The van der Waals surface area contributed by atoms with Crippen LogP contribution in [0, 0.1) is 0 Å². The Morgan fingerprint density at radius 2 is 2.18 bits per heavy atom. The van der Waals surface area contributed by atoms with Crippen LogP contribution in [0.1, 0.15) is 18.5 Å². The minimum absolute atomic E-state index is 0.0373. The normalized spacial score (nSPS) is 22.6. The van der Waals surface area contributed by atoms with E-state index in [4.69, 9.17) is 4.74 Å². The van der Waals surface area contributed by atoms with Gasteiger partial charge in [0.2, 0.25) is 5.91 Å². The molecule has 0 bridgehead atoms. The lowest BCUT2D eigenvalue weighted by molar-refractivity contribution is -0.153. The van der Waals surface area contributed by atoms with Crippen LogP contribution >= 0.6 is 0 Å². The Balaban J connectivity index is 2.21. The number of morpholine rings is 1. The number of benzene rings is 1. The zero-order valence-corrected chi connectivity index (χ0v) is 9.87. The lowest BCUT2D eigenvalue weighted by Crippen LogP contribution is -2.52. The van der Waals surface area contributed by atoms with Gasteiger partial charge in [0.25, 0.3) is 0 Å². The average Bonchev–Trinajstić information content (AvgIpc) is 2.38. The first-order chi connectivity index (χ1) is 8.24. The van der Waals surface area contributed by atoms with Crippen molar-refractivity contribution in [1.29, 1.82) is 0 Å². The second kappa shape index (κ2) is 5.29. The van der Waals surface area contributed by atoms with Crippen LogP contribution in [0.3, 0.4) is 0 Å². The van der Waals surface area contributed by atoms with E-state index in [1.807, 2.05) is 37.3 Å². The molecule has 0 saturated carbocycles. The number of nitrogens with zero attached hydrogens (tertiary/aromatic N) is 1. The number of amides is 1. The summed E-state index contributed by atoms with van der Waals surface area (Å²) in [6.45, 7) is 2.41. The summed E-state index contributed by atoms with van der Waals surface area (Å²) in [6, 6.07) is 9.54. The summed E-state index contributed by atoms with van der Waals surface area (Å²) in [5.41, 5.74) is 1.07. The van der Waals surface area contributed by atoms with Crippen molar-refractivity contribution in [2.24, 2.45) is 0 Å². The Kier molecular flexibility index (Phi) is 3.76. The van der Waals surface area contributed by atoms with Gasteiger partial charge in [-0.1, -0.05) is 30.3 Å². The molecule has 0 aromatic heterocycles. The van der Waals surface area contributed by atoms with Crippen LogP contribution in [0.2, 0.25) is 0 Å². The monoisotopic (exact) mass is 235 g/mol. The van der Waals surface area contributed by atoms with E-state index in [0.717, 1.165) is 5.56 Å². The quantitative estimate of drug-likeness (QED) is 0.849. The third kappa shape index (κ3) is 2.48. The third-order valence-corrected chi connectivity index (χ3v) is 3.13. The van der Waals surface area contributed by atoms with Crippen molar-refractivity contribution in [2.75, 3.05) is 19.8 Å². The van der Waals surface area contributed by atoms with Gasteiger partial charge in [0.15, 0.2) is 0 Å². The van der Waals surface area contributed by atoms with Crippen molar-refractivity contribution in [3.05, 3.63) is 35.9 Å².